The van der Waals surface area contributed by atoms with Crippen molar-refractivity contribution in [3.05, 3.63) is 66.7 Å². The van der Waals surface area contributed by atoms with E-state index in [1.165, 1.54) is 0 Å². The molecular weight excluding hydrogens is 270 g/mol. The van der Waals surface area contributed by atoms with Gasteiger partial charge in [-0.3, -0.25) is 0 Å². The molecule has 0 saturated heterocycles. The molecule has 20 heavy (non-hydrogen) atoms. The molecule has 3 rings (SSSR count). The number of hydrogen-bond donors (Lipinski definition) is 1. The maximum absolute atomic E-state index is 11.7. The van der Waals surface area contributed by atoms with Crippen molar-refractivity contribution >= 4 is 20.8 Å². The van der Waals surface area contributed by atoms with Gasteiger partial charge in [-0.05, 0) is 22.6 Å². The monoisotopic (exact) mass is 283 g/mol. The second-order valence-corrected chi connectivity index (χ2v) is 6.10. The first-order chi connectivity index (χ1) is 9.57. The molecule has 100 valence electrons. The first-order valence-corrected chi connectivity index (χ1v) is 7.72. The van der Waals surface area contributed by atoms with Crippen molar-refractivity contribution in [1.82, 2.24) is 0 Å². The minimum Gasteiger partial charge on any atom is -0.225 e. The van der Waals surface area contributed by atoms with Gasteiger partial charge in [0.25, 0.3) is 0 Å². The van der Waals surface area contributed by atoms with E-state index in [4.69, 9.17) is 5.14 Å². The summed E-state index contributed by atoms with van der Waals surface area (Å²) in [5.74, 6) is 0. The summed E-state index contributed by atoms with van der Waals surface area (Å²) in [4.78, 5) is 0.160. The number of hydrogen-bond acceptors (Lipinski definition) is 2. The van der Waals surface area contributed by atoms with E-state index in [1.54, 1.807) is 18.2 Å². The summed E-state index contributed by atoms with van der Waals surface area (Å²) < 4.78 is 23.3. The summed E-state index contributed by atoms with van der Waals surface area (Å²) in [5, 5.41) is 6.81. The van der Waals surface area contributed by atoms with E-state index in [2.05, 4.69) is 0 Å². The quantitative estimate of drug-likeness (QED) is 0.785. The van der Waals surface area contributed by atoms with E-state index in [0.29, 0.717) is 5.39 Å². The molecule has 4 heteroatoms. The molecule has 0 radical (unpaired) electrons. The Bertz CT molecular complexity index is 871. The van der Waals surface area contributed by atoms with Crippen molar-refractivity contribution in [3.63, 3.8) is 0 Å². The highest BCUT2D eigenvalue weighted by atomic mass is 32.2. The smallest absolute Gasteiger partial charge is 0.225 e. The van der Waals surface area contributed by atoms with E-state index < -0.39 is 10.0 Å². The molecule has 0 aromatic heterocycles. The Labute approximate surface area is 117 Å². The number of fused-ring (bicyclic) bond motifs is 1. The standard InChI is InChI=1S/C16H13NO2S/c17-20(18,19)16-11-10-13(12-6-2-1-3-7-12)14-8-4-5-9-15(14)16/h1-11H,(H2,17,18,19). The number of rotatable bonds is 2. The van der Waals surface area contributed by atoms with E-state index in [-0.39, 0.29) is 4.90 Å². The molecule has 0 aliphatic rings. The van der Waals surface area contributed by atoms with E-state index in [9.17, 15) is 8.42 Å². The highest BCUT2D eigenvalue weighted by molar-refractivity contribution is 7.89. The minimum atomic E-state index is -3.73. The molecule has 3 aromatic carbocycles. The van der Waals surface area contributed by atoms with Gasteiger partial charge in [0, 0.05) is 5.39 Å². The fraction of sp³-hybridized carbons (Fsp3) is 0. The predicted molar refractivity (Wildman–Crippen MR) is 80.8 cm³/mol. The van der Waals surface area contributed by atoms with Crippen LogP contribution in [0.25, 0.3) is 21.9 Å². The van der Waals surface area contributed by atoms with Crippen LogP contribution in [-0.4, -0.2) is 8.42 Å². The molecule has 0 unspecified atom stereocenters. The van der Waals surface area contributed by atoms with Crippen LogP contribution in [0.1, 0.15) is 0 Å². The van der Waals surface area contributed by atoms with Crippen molar-refractivity contribution < 1.29 is 8.42 Å². The molecule has 0 amide bonds. The fourth-order valence-corrected chi connectivity index (χ4v) is 3.13. The lowest BCUT2D eigenvalue weighted by Crippen LogP contribution is -2.12. The second kappa shape index (κ2) is 4.74. The van der Waals surface area contributed by atoms with Crippen LogP contribution in [-0.2, 0) is 10.0 Å². The van der Waals surface area contributed by atoms with Gasteiger partial charge in [-0.15, -0.1) is 0 Å². The van der Waals surface area contributed by atoms with Crippen LogP contribution in [0.5, 0.6) is 0 Å². The molecule has 3 nitrogen and oxygen atoms in total. The second-order valence-electron chi connectivity index (χ2n) is 4.57. The first-order valence-electron chi connectivity index (χ1n) is 6.17. The highest BCUT2D eigenvalue weighted by Crippen LogP contribution is 2.32. The lowest BCUT2D eigenvalue weighted by atomic mass is 9.98. The van der Waals surface area contributed by atoms with Gasteiger partial charge in [0.2, 0.25) is 10.0 Å². The molecule has 0 aliphatic carbocycles. The minimum absolute atomic E-state index is 0.160. The van der Waals surface area contributed by atoms with Gasteiger partial charge in [-0.25, -0.2) is 13.6 Å². The molecular formula is C16H13NO2S. The third-order valence-electron chi connectivity index (χ3n) is 3.28. The number of sulfonamides is 1. The Morgan fingerprint density at radius 2 is 1.30 bits per heavy atom. The van der Waals surface area contributed by atoms with Gasteiger partial charge in [-0.2, -0.15) is 0 Å². The molecule has 3 aromatic rings. The number of nitrogens with two attached hydrogens (primary N) is 1. The van der Waals surface area contributed by atoms with Gasteiger partial charge in [0.15, 0.2) is 0 Å². The van der Waals surface area contributed by atoms with Crippen LogP contribution in [0.2, 0.25) is 0 Å². The fourth-order valence-electron chi connectivity index (χ4n) is 2.39. The van der Waals surface area contributed by atoms with Gasteiger partial charge < -0.3 is 0 Å². The Morgan fingerprint density at radius 3 is 1.95 bits per heavy atom. The SMILES string of the molecule is NS(=O)(=O)c1ccc(-c2ccccc2)c2ccccc12. The Hall–Kier alpha value is -2.17. The van der Waals surface area contributed by atoms with Crippen molar-refractivity contribution in [1.29, 1.82) is 0 Å². The molecule has 0 saturated carbocycles. The van der Waals surface area contributed by atoms with Gasteiger partial charge >= 0.3 is 0 Å². The Kier molecular flexibility index (Phi) is 3.04. The van der Waals surface area contributed by atoms with Crippen LogP contribution < -0.4 is 5.14 Å². The predicted octanol–water partition coefficient (Wildman–Crippen LogP) is 3.15. The van der Waals surface area contributed by atoms with Crippen molar-refractivity contribution in [3.8, 4) is 11.1 Å². The third-order valence-corrected chi connectivity index (χ3v) is 4.24. The third kappa shape index (κ3) is 2.19. The molecule has 2 N–H and O–H groups in total. The maximum atomic E-state index is 11.7. The highest BCUT2D eigenvalue weighted by Gasteiger charge is 2.14. The molecule has 0 bridgehead atoms. The zero-order chi connectivity index (χ0) is 14.2. The Morgan fingerprint density at radius 1 is 0.700 bits per heavy atom. The summed E-state index contributed by atoms with van der Waals surface area (Å²) in [6.07, 6.45) is 0. The van der Waals surface area contributed by atoms with Gasteiger partial charge in [0.05, 0.1) is 4.90 Å². The zero-order valence-electron chi connectivity index (χ0n) is 10.7. The molecule has 0 aliphatic heterocycles. The average Bonchev–Trinajstić information content (AvgIpc) is 2.46. The summed E-state index contributed by atoms with van der Waals surface area (Å²) in [7, 11) is -3.73. The lowest BCUT2D eigenvalue weighted by Gasteiger charge is -2.10. The van der Waals surface area contributed by atoms with Crippen LogP contribution in [0.4, 0.5) is 0 Å². The van der Waals surface area contributed by atoms with Crippen molar-refractivity contribution in [2.45, 2.75) is 4.90 Å². The maximum Gasteiger partial charge on any atom is 0.238 e. The summed E-state index contributed by atoms with van der Waals surface area (Å²) in [5.41, 5.74) is 2.04. The summed E-state index contributed by atoms with van der Waals surface area (Å²) in [6.45, 7) is 0. The Balaban J connectivity index is 2.39. The first kappa shape index (κ1) is 12.8. The van der Waals surface area contributed by atoms with E-state index in [1.807, 2.05) is 48.5 Å². The van der Waals surface area contributed by atoms with E-state index >= 15 is 0 Å². The summed E-state index contributed by atoms with van der Waals surface area (Å²) in [6, 6.07) is 20.6. The molecule has 0 atom stereocenters. The molecule has 0 fully saturated rings. The molecule has 0 spiro atoms. The van der Waals surface area contributed by atoms with Crippen molar-refractivity contribution in [2.24, 2.45) is 5.14 Å². The van der Waals surface area contributed by atoms with Crippen LogP contribution in [0.3, 0.4) is 0 Å². The van der Waals surface area contributed by atoms with Crippen molar-refractivity contribution in [2.75, 3.05) is 0 Å². The van der Waals surface area contributed by atoms with Crippen LogP contribution in [0, 0.1) is 0 Å². The topological polar surface area (TPSA) is 60.2 Å². The zero-order valence-corrected chi connectivity index (χ0v) is 11.5. The van der Waals surface area contributed by atoms with E-state index in [0.717, 1.165) is 16.5 Å². The van der Waals surface area contributed by atoms with Crippen LogP contribution >= 0.6 is 0 Å². The normalized spacial score (nSPS) is 11.7. The van der Waals surface area contributed by atoms with Gasteiger partial charge in [-0.1, -0.05) is 60.7 Å². The van der Waals surface area contributed by atoms with Crippen LogP contribution in [0.15, 0.2) is 71.6 Å². The summed E-state index contributed by atoms with van der Waals surface area (Å²) >= 11 is 0. The average molecular weight is 283 g/mol. The largest absolute Gasteiger partial charge is 0.238 e. The van der Waals surface area contributed by atoms with Gasteiger partial charge in [0.1, 0.15) is 0 Å². The number of primary sulfonamides is 1. The molecule has 0 heterocycles. The number of benzene rings is 3. The lowest BCUT2D eigenvalue weighted by molar-refractivity contribution is 0.598.